The van der Waals surface area contributed by atoms with Crippen LogP contribution in [0.1, 0.15) is 49.5 Å². The zero-order valence-electron chi connectivity index (χ0n) is 21.0. The average Bonchev–Trinajstić information content (AvgIpc) is 3.41. The number of methoxy groups -OCH3 is 2. The molecule has 0 aliphatic heterocycles. The van der Waals surface area contributed by atoms with Crippen LogP contribution in [-0.4, -0.2) is 52.6 Å². The predicted molar refractivity (Wildman–Crippen MR) is 137 cm³/mol. The number of carbonyl (C=O) groups is 3. The molecule has 0 saturated carbocycles. The molecule has 0 atom stereocenters. The van der Waals surface area contributed by atoms with Crippen LogP contribution in [0, 0.1) is 20.8 Å². The van der Waals surface area contributed by atoms with Gasteiger partial charge in [-0.1, -0.05) is 23.9 Å². The fourth-order valence-electron chi connectivity index (χ4n) is 3.38. The van der Waals surface area contributed by atoms with Crippen molar-refractivity contribution < 1.29 is 28.6 Å². The molecule has 0 spiro atoms. The van der Waals surface area contributed by atoms with Gasteiger partial charge < -0.3 is 24.1 Å². The van der Waals surface area contributed by atoms with Gasteiger partial charge in [0.25, 0.3) is 0 Å². The van der Waals surface area contributed by atoms with Crippen molar-refractivity contribution in [2.75, 3.05) is 25.3 Å². The smallest absolute Gasteiger partial charge is 0.348 e. The van der Waals surface area contributed by atoms with Crippen molar-refractivity contribution in [1.82, 2.24) is 14.8 Å². The Hall–Kier alpha value is -3.38. The summed E-state index contributed by atoms with van der Waals surface area (Å²) in [7, 11) is 2.48. The van der Waals surface area contributed by atoms with Gasteiger partial charge in [0, 0.05) is 6.54 Å². The molecule has 0 aliphatic rings. The quantitative estimate of drug-likeness (QED) is 0.303. The van der Waals surface area contributed by atoms with Gasteiger partial charge in [0.1, 0.15) is 22.2 Å². The highest BCUT2D eigenvalue weighted by atomic mass is 32.2. The second-order valence-electron chi connectivity index (χ2n) is 7.78. The van der Waals surface area contributed by atoms with E-state index in [0.29, 0.717) is 23.1 Å². The molecule has 3 rings (SSSR count). The maximum atomic E-state index is 12.7. The minimum absolute atomic E-state index is 0.0150. The van der Waals surface area contributed by atoms with Gasteiger partial charge in [-0.15, -0.1) is 21.5 Å². The number of carbonyl (C=O) groups excluding carboxylic acids is 3. The highest BCUT2D eigenvalue weighted by molar-refractivity contribution is 7.99. The van der Waals surface area contributed by atoms with Gasteiger partial charge in [0.05, 0.1) is 25.5 Å². The van der Waals surface area contributed by atoms with E-state index in [0.717, 1.165) is 28.2 Å². The molecule has 0 unspecified atom stereocenters. The molecule has 0 radical (unpaired) electrons. The number of hydrogen-bond acceptors (Lipinski definition) is 10. The lowest BCUT2D eigenvalue weighted by Crippen LogP contribution is -2.16. The van der Waals surface area contributed by atoms with Gasteiger partial charge in [-0.3, -0.25) is 4.79 Å². The molecule has 192 valence electrons. The standard InChI is InChI=1S/C24H28N4O6S2/c1-7-28-17(11-34-16-10-13(2)8-9-14(16)3)26-27-24(28)35-12-18(29)25-21-19(22(30)32-5)15(4)20(36-21)23(31)33-6/h8-10H,7,11-12H2,1-6H3,(H,25,29). The van der Waals surface area contributed by atoms with E-state index in [1.807, 2.05) is 43.5 Å². The van der Waals surface area contributed by atoms with Gasteiger partial charge in [-0.25, -0.2) is 9.59 Å². The Bertz CT molecular complexity index is 1280. The van der Waals surface area contributed by atoms with E-state index in [1.165, 1.54) is 26.0 Å². The van der Waals surface area contributed by atoms with E-state index < -0.39 is 11.9 Å². The van der Waals surface area contributed by atoms with Gasteiger partial charge >= 0.3 is 11.9 Å². The number of thioether (sulfide) groups is 1. The monoisotopic (exact) mass is 532 g/mol. The van der Waals surface area contributed by atoms with Crippen LogP contribution in [0.2, 0.25) is 0 Å². The minimum Gasteiger partial charge on any atom is -0.485 e. The summed E-state index contributed by atoms with van der Waals surface area (Å²) in [5, 5.41) is 11.9. The number of amides is 1. The number of esters is 2. The summed E-state index contributed by atoms with van der Waals surface area (Å²) in [4.78, 5) is 37.3. The number of rotatable bonds is 10. The lowest BCUT2D eigenvalue weighted by molar-refractivity contribution is -0.113. The van der Waals surface area contributed by atoms with Gasteiger partial charge in [-0.05, 0) is 50.5 Å². The van der Waals surface area contributed by atoms with E-state index in [9.17, 15) is 14.4 Å². The molecule has 2 aromatic heterocycles. The summed E-state index contributed by atoms with van der Waals surface area (Å²) in [6, 6.07) is 6.00. The van der Waals surface area contributed by atoms with Crippen LogP contribution < -0.4 is 10.1 Å². The molecule has 0 saturated heterocycles. The highest BCUT2D eigenvalue weighted by Crippen LogP contribution is 2.34. The summed E-state index contributed by atoms with van der Waals surface area (Å²) in [5.74, 6) is -0.174. The van der Waals surface area contributed by atoms with Crippen LogP contribution >= 0.6 is 23.1 Å². The molecule has 1 aromatic carbocycles. The molecule has 0 fully saturated rings. The Kier molecular flexibility index (Phi) is 9.10. The van der Waals surface area contributed by atoms with Crippen LogP contribution in [0.25, 0.3) is 0 Å². The van der Waals surface area contributed by atoms with Crippen molar-refractivity contribution in [3.8, 4) is 5.75 Å². The van der Waals surface area contributed by atoms with Gasteiger partial charge in [0.2, 0.25) is 5.91 Å². The predicted octanol–water partition coefficient (Wildman–Crippen LogP) is 4.17. The molecule has 2 heterocycles. The van der Waals surface area contributed by atoms with Crippen LogP contribution in [0.4, 0.5) is 5.00 Å². The third-order valence-corrected chi connectivity index (χ3v) is 7.46. The summed E-state index contributed by atoms with van der Waals surface area (Å²) in [6.45, 7) is 8.38. The van der Waals surface area contributed by atoms with E-state index in [4.69, 9.17) is 14.2 Å². The van der Waals surface area contributed by atoms with Crippen molar-refractivity contribution in [3.63, 3.8) is 0 Å². The van der Waals surface area contributed by atoms with Crippen molar-refractivity contribution in [2.45, 2.75) is 46.0 Å². The minimum atomic E-state index is -0.652. The van der Waals surface area contributed by atoms with E-state index in [-0.39, 0.29) is 33.7 Å². The Morgan fingerprint density at radius 2 is 1.81 bits per heavy atom. The normalized spacial score (nSPS) is 10.7. The molecule has 0 bridgehead atoms. The summed E-state index contributed by atoms with van der Waals surface area (Å²) in [5.41, 5.74) is 2.65. The maximum absolute atomic E-state index is 12.7. The first-order valence-corrected chi connectivity index (χ1v) is 12.8. The summed E-state index contributed by atoms with van der Waals surface area (Å²) < 4.78 is 17.4. The number of aryl methyl sites for hydroxylation is 2. The van der Waals surface area contributed by atoms with Crippen molar-refractivity contribution in [2.24, 2.45) is 0 Å². The number of ether oxygens (including phenoxy) is 3. The Labute approximate surface area is 217 Å². The number of thiophene rings is 1. The molecule has 10 nitrogen and oxygen atoms in total. The Morgan fingerprint density at radius 1 is 1.08 bits per heavy atom. The van der Waals surface area contributed by atoms with Crippen molar-refractivity contribution in [3.05, 3.63) is 51.2 Å². The fraction of sp³-hybridized carbons (Fsp3) is 0.375. The lowest BCUT2D eigenvalue weighted by atomic mass is 10.1. The zero-order chi connectivity index (χ0) is 26.4. The van der Waals surface area contributed by atoms with Crippen LogP contribution in [0.15, 0.2) is 23.4 Å². The Balaban J connectivity index is 1.69. The number of nitrogens with one attached hydrogen (secondary N) is 1. The van der Waals surface area contributed by atoms with Gasteiger partial charge in [-0.2, -0.15) is 0 Å². The number of benzene rings is 1. The first-order chi connectivity index (χ1) is 17.2. The van der Waals surface area contributed by atoms with E-state index >= 15 is 0 Å². The third-order valence-electron chi connectivity index (χ3n) is 5.30. The molecular formula is C24H28N4O6S2. The topological polar surface area (TPSA) is 122 Å². The molecule has 1 amide bonds. The largest absolute Gasteiger partial charge is 0.485 e. The molecule has 0 aliphatic carbocycles. The van der Waals surface area contributed by atoms with Crippen LogP contribution in [0.5, 0.6) is 5.75 Å². The lowest BCUT2D eigenvalue weighted by Gasteiger charge is -2.11. The molecular weight excluding hydrogens is 504 g/mol. The summed E-state index contributed by atoms with van der Waals surface area (Å²) in [6.07, 6.45) is 0. The molecule has 36 heavy (non-hydrogen) atoms. The number of aromatic nitrogens is 3. The molecule has 12 heteroatoms. The maximum Gasteiger partial charge on any atom is 0.348 e. The Morgan fingerprint density at radius 3 is 2.47 bits per heavy atom. The fourth-order valence-corrected chi connectivity index (χ4v) is 5.34. The average molecular weight is 533 g/mol. The number of anilines is 1. The van der Waals surface area contributed by atoms with Crippen molar-refractivity contribution in [1.29, 1.82) is 0 Å². The number of nitrogens with zero attached hydrogens (tertiary/aromatic N) is 3. The second kappa shape index (κ2) is 12.0. The molecule has 1 N–H and O–H groups in total. The van der Waals surface area contributed by atoms with Gasteiger partial charge in [0.15, 0.2) is 11.0 Å². The summed E-state index contributed by atoms with van der Waals surface area (Å²) >= 11 is 2.17. The first kappa shape index (κ1) is 27.2. The highest BCUT2D eigenvalue weighted by Gasteiger charge is 2.27. The van der Waals surface area contributed by atoms with E-state index in [2.05, 4.69) is 15.5 Å². The second-order valence-corrected chi connectivity index (χ2v) is 9.74. The van der Waals surface area contributed by atoms with E-state index in [1.54, 1.807) is 6.92 Å². The third kappa shape index (κ3) is 6.05. The zero-order valence-corrected chi connectivity index (χ0v) is 22.6. The van der Waals surface area contributed by atoms with Crippen LogP contribution in [0.3, 0.4) is 0 Å². The van der Waals surface area contributed by atoms with Crippen LogP contribution in [-0.2, 0) is 27.4 Å². The number of hydrogen-bond donors (Lipinski definition) is 1. The first-order valence-electron chi connectivity index (χ1n) is 11.0. The molecule has 3 aromatic rings. The SMILES string of the molecule is CCn1c(COc2cc(C)ccc2C)nnc1SCC(=O)Nc1sc(C(=O)OC)c(C)c1C(=O)OC. The van der Waals surface area contributed by atoms with Crippen molar-refractivity contribution >= 4 is 45.9 Å².